The number of nitrogens with zero attached hydrogens (tertiary/aromatic N) is 1. The van der Waals surface area contributed by atoms with Crippen molar-refractivity contribution in [3.8, 4) is 5.75 Å². The average molecular weight is 425 g/mol. The summed E-state index contributed by atoms with van der Waals surface area (Å²) in [5, 5.41) is 2.75. The predicted molar refractivity (Wildman–Crippen MR) is 118 cm³/mol. The lowest BCUT2D eigenvalue weighted by molar-refractivity contribution is -0.122. The number of ether oxygens (including phenoxy) is 1. The van der Waals surface area contributed by atoms with Gasteiger partial charge in [0, 0.05) is 12.7 Å². The number of benzene rings is 3. The molecule has 3 aromatic carbocycles. The molecule has 1 amide bonds. The van der Waals surface area contributed by atoms with Crippen LogP contribution in [0.4, 0.5) is 11.4 Å². The minimum Gasteiger partial charge on any atom is -0.481 e. The number of aryl methyl sites for hydroxylation is 1. The molecule has 30 heavy (non-hydrogen) atoms. The summed E-state index contributed by atoms with van der Waals surface area (Å²) in [6, 6.07) is 22.3. The maximum atomic E-state index is 12.8. The van der Waals surface area contributed by atoms with Crippen LogP contribution in [0.1, 0.15) is 12.5 Å². The van der Waals surface area contributed by atoms with Crippen molar-refractivity contribution in [2.24, 2.45) is 0 Å². The molecular weight excluding hydrogens is 400 g/mol. The first-order chi connectivity index (χ1) is 14.3. The zero-order valence-electron chi connectivity index (χ0n) is 17.1. The van der Waals surface area contributed by atoms with Gasteiger partial charge in [-0.1, -0.05) is 36.4 Å². The first kappa shape index (κ1) is 21.4. The smallest absolute Gasteiger partial charge is 0.265 e. The van der Waals surface area contributed by atoms with Gasteiger partial charge in [0.25, 0.3) is 15.9 Å². The summed E-state index contributed by atoms with van der Waals surface area (Å²) < 4.78 is 32.6. The highest BCUT2D eigenvalue weighted by molar-refractivity contribution is 7.92. The highest BCUT2D eigenvalue weighted by Gasteiger charge is 2.21. The van der Waals surface area contributed by atoms with E-state index in [-0.39, 0.29) is 10.8 Å². The first-order valence-corrected chi connectivity index (χ1v) is 10.9. The number of hydrogen-bond acceptors (Lipinski definition) is 4. The Hall–Kier alpha value is -3.32. The van der Waals surface area contributed by atoms with Gasteiger partial charge in [0.15, 0.2) is 6.10 Å². The number of para-hydroxylation sites is 2. The van der Waals surface area contributed by atoms with Crippen molar-refractivity contribution in [1.82, 2.24) is 0 Å². The SMILES string of the molecule is Cc1ccccc1OC(C)C(=O)Nc1ccc(S(=O)(=O)N(C)c2ccccc2)cc1. The third kappa shape index (κ3) is 4.80. The van der Waals surface area contributed by atoms with Crippen LogP contribution < -0.4 is 14.4 Å². The van der Waals surface area contributed by atoms with Crippen LogP contribution in [0.2, 0.25) is 0 Å². The molecular formula is C23H24N2O4S. The van der Waals surface area contributed by atoms with Gasteiger partial charge >= 0.3 is 0 Å². The third-order valence-corrected chi connectivity index (χ3v) is 6.47. The molecule has 0 fully saturated rings. The molecule has 0 aliphatic heterocycles. The van der Waals surface area contributed by atoms with E-state index in [1.807, 2.05) is 37.3 Å². The highest BCUT2D eigenvalue weighted by atomic mass is 32.2. The molecule has 1 atom stereocenters. The summed E-state index contributed by atoms with van der Waals surface area (Å²) >= 11 is 0. The monoisotopic (exact) mass is 424 g/mol. The number of hydrogen-bond donors (Lipinski definition) is 1. The quantitative estimate of drug-likeness (QED) is 0.616. The minimum atomic E-state index is -3.70. The van der Waals surface area contributed by atoms with Crippen LogP contribution in [0.5, 0.6) is 5.75 Å². The molecule has 0 saturated heterocycles. The van der Waals surface area contributed by atoms with Crippen molar-refractivity contribution in [2.75, 3.05) is 16.7 Å². The fourth-order valence-electron chi connectivity index (χ4n) is 2.82. The van der Waals surface area contributed by atoms with E-state index in [4.69, 9.17) is 4.74 Å². The number of amides is 1. The lowest BCUT2D eigenvalue weighted by Crippen LogP contribution is -2.30. The fourth-order valence-corrected chi connectivity index (χ4v) is 4.02. The van der Waals surface area contributed by atoms with Crippen molar-refractivity contribution in [3.05, 3.63) is 84.4 Å². The Morgan fingerprint density at radius 3 is 2.17 bits per heavy atom. The number of carbonyl (C=O) groups is 1. The van der Waals surface area contributed by atoms with Gasteiger partial charge in [-0.3, -0.25) is 9.10 Å². The Labute approximate surface area is 177 Å². The Balaban J connectivity index is 1.68. The van der Waals surface area contributed by atoms with Crippen molar-refractivity contribution in [2.45, 2.75) is 24.8 Å². The molecule has 3 aromatic rings. The number of carbonyl (C=O) groups excluding carboxylic acids is 1. The maximum Gasteiger partial charge on any atom is 0.265 e. The Morgan fingerprint density at radius 1 is 0.933 bits per heavy atom. The van der Waals surface area contributed by atoms with Gasteiger partial charge in [-0.25, -0.2) is 8.42 Å². The molecule has 6 nitrogen and oxygen atoms in total. The van der Waals surface area contributed by atoms with Gasteiger partial charge in [-0.05, 0) is 61.9 Å². The van der Waals surface area contributed by atoms with Gasteiger partial charge < -0.3 is 10.1 Å². The van der Waals surface area contributed by atoms with E-state index in [0.717, 1.165) is 5.56 Å². The summed E-state index contributed by atoms with van der Waals surface area (Å²) in [5.74, 6) is 0.320. The molecule has 0 radical (unpaired) electrons. The zero-order valence-corrected chi connectivity index (χ0v) is 17.9. The molecule has 0 aliphatic rings. The summed E-state index contributed by atoms with van der Waals surface area (Å²) in [5.41, 5.74) is 1.99. The lowest BCUT2D eigenvalue weighted by atomic mass is 10.2. The largest absolute Gasteiger partial charge is 0.481 e. The zero-order chi connectivity index (χ0) is 21.7. The minimum absolute atomic E-state index is 0.135. The Bertz CT molecular complexity index is 1110. The van der Waals surface area contributed by atoms with Crippen LogP contribution in [0.3, 0.4) is 0 Å². The van der Waals surface area contributed by atoms with Gasteiger partial charge in [-0.2, -0.15) is 0 Å². The topological polar surface area (TPSA) is 75.7 Å². The highest BCUT2D eigenvalue weighted by Crippen LogP contribution is 2.23. The lowest BCUT2D eigenvalue weighted by Gasteiger charge is -2.20. The summed E-state index contributed by atoms with van der Waals surface area (Å²) in [6.45, 7) is 3.57. The van der Waals surface area contributed by atoms with Crippen LogP contribution in [0.25, 0.3) is 0 Å². The van der Waals surface area contributed by atoms with Crippen LogP contribution >= 0.6 is 0 Å². The first-order valence-electron chi connectivity index (χ1n) is 9.46. The van der Waals surface area contributed by atoms with Crippen molar-refractivity contribution >= 4 is 27.3 Å². The van der Waals surface area contributed by atoms with Crippen molar-refractivity contribution < 1.29 is 17.9 Å². The Kier molecular flexibility index (Phi) is 6.42. The molecule has 1 N–H and O–H groups in total. The van der Waals surface area contributed by atoms with E-state index in [1.165, 1.54) is 23.5 Å². The molecule has 7 heteroatoms. The summed E-state index contributed by atoms with van der Waals surface area (Å²) in [6.07, 6.45) is -0.710. The maximum absolute atomic E-state index is 12.8. The van der Waals surface area contributed by atoms with Crippen LogP contribution in [0.15, 0.2) is 83.8 Å². The van der Waals surface area contributed by atoms with Crippen LogP contribution in [-0.2, 0) is 14.8 Å². The normalized spacial score (nSPS) is 12.1. The van der Waals surface area contributed by atoms with Gasteiger partial charge in [0.2, 0.25) is 0 Å². The number of sulfonamides is 1. The number of anilines is 2. The van der Waals surface area contributed by atoms with E-state index < -0.39 is 16.1 Å². The van der Waals surface area contributed by atoms with E-state index in [9.17, 15) is 13.2 Å². The molecule has 0 bridgehead atoms. The second-order valence-corrected chi connectivity index (χ2v) is 8.82. The molecule has 0 spiro atoms. The second kappa shape index (κ2) is 9.00. The molecule has 3 rings (SSSR count). The van der Waals surface area contributed by atoms with Crippen LogP contribution in [-0.4, -0.2) is 27.5 Å². The summed E-state index contributed by atoms with van der Waals surface area (Å²) in [7, 11) is -2.20. The Morgan fingerprint density at radius 2 is 1.53 bits per heavy atom. The average Bonchev–Trinajstić information content (AvgIpc) is 2.75. The predicted octanol–water partition coefficient (Wildman–Crippen LogP) is 4.23. The van der Waals surface area contributed by atoms with E-state index in [0.29, 0.717) is 17.1 Å². The van der Waals surface area contributed by atoms with Crippen molar-refractivity contribution in [3.63, 3.8) is 0 Å². The van der Waals surface area contributed by atoms with Crippen LogP contribution in [0, 0.1) is 6.92 Å². The third-order valence-electron chi connectivity index (χ3n) is 4.67. The van der Waals surface area contributed by atoms with Gasteiger partial charge in [0.1, 0.15) is 5.75 Å². The van der Waals surface area contributed by atoms with E-state index in [1.54, 1.807) is 43.3 Å². The molecule has 0 heterocycles. The number of rotatable bonds is 7. The van der Waals surface area contributed by atoms with E-state index in [2.05, 4.69) is 5.32 Å². The molecule has 1 unspecified atom stereocenters. The van der Waals surface area contributed by atoms with Crippen molar-refractivity contribution in [1.29, 1.82) is 0 Å². The molecule has 0 saturated carbocycles. The van der Waals surface area contributed by atoms with Gasteiger partial charge in [-0.15, -0.1) is 0 Å². The molecule has 156 valence electrons. The number of nitrogens with one attached hydrogen (secondary N) is 1. The van der Waals surface area contributed by atoms with Gasteiger partial charge in [0.05, 0.1) is 10.6 Å². The summed E-state index contributed by atoms with van der Waals surface area (Å²) in [4.78, 5) is 12.6. The molecule has 0 aromatic heterocycles. The van der Waals surface area contributed by atoms with E-state index >= 15 is 0 Å². The second-order valence-electron chi connectivity index (χ2n) is 6.85. The molecule has 0 aliphatic carbocycles. The standard InChI is InChI=1S/C23H24N2O4S/c1-17-9-7-8-12-22(17)29-18(2)23(26)24-19-13-15-21(16-14-19)30(27,28)25(3)20-10-5-4-6-11-20/h4-16,18H,1-3H3,(H,24,26). The fraction of sp³-hybridized carbons (Fsp3) is 0.174.